The number of carboxylic acid groups (broad SMARTS) is 1. The van der Waals surface area contributed by atoms with Crippen LogP contribution in [0.25, 0.3) is 10.9 Å². The van der Waals surface area contributed by atoms with Gasteiger partial charge in [-0.3, -0.25) is 9.59 Å². The average molecular weight is 601 g/mol. The molecule has 5 aromatic rings. The van der Waals surface area contributed by atoms with Gasteiger partial charge in [-0.05, 0) is 83.7 Å². The fourth-order valence-electron chi connectivity index (χ4n) is 6.05. The van der Waals surface area contributed by atoms with Crippen LogP contribution in [0.15, 0.2) is 103 Å². The number of nitrogens with zero attached hydrogens (tertiary/aromatic N) is 1. The summed E-state index contributed by atoms with van der Waals surface area (Å²) in [6, 6.07) is 33.3. The van der Waals surface area contributed by atoms with E-state index in [2.05, 4.69) is 81.5 Å². The smallest absolute Gasteiger partial charge is 0.303 e. The molecule has 4 aromatic carbocycles. The van der Waals surface area contributed by atoms with Crippen LogP contribution in [0.5, 0.6) is 0 Å². The van der Waals surface area contributed by atoms with E-state index in [0.717, 1.165) is 29.4 Å². The molecule has 1 heterocycles. The SMILES string of the molecule is CC(C)Cc1ccc(C(Nc2ccc(C(=O)c3cn(CCCC(=O)O)c4ccccc34)cc2)c2ccc(CC(C)C)cc2)cc1. The summed E-state index contributed by atoms with van der Waals surface area (Å²) in [7, 11) is 0. The number of fused-ring (bicyclic) bond motifs is 1. The number of nitrogens with one attached hydrogen (secondary N) is 1. The van der Waals surface area contributed by atoms with Crippen LogP contribution >= 0.6 is 0 Å². The third kappa shape index (κ3) is 8.10. The summed E-state index contributed by atoms with van der Waals surface area (Å²) in [4.78, 5) is 24.8. The number of hydrogen-bond acceptors (Lipinski definition) is 3. The Bertz CT molecular complexity index is 1680. The second-order valence-corrected chi connectivity index (χ2v) is 12.9. The van der Waals surface area contributed by atoms with Crippen molar-refractivity contribution in [2.24, 2.45) is 11.8 Å². The maximum atomic E-state index is 13.7. The van der Waals surface area contributed by atoms with E-state index < -0.39 is 5.97 Å². The van der Waals surface area contributed by atoms with Gasteiger partial charge >= 0.3 is 5.97 Å². The summed E-state index contributed by atoms with van der Waals surface area (Å²) in [6.07, 6.45) is 4.57. The van der Waals surface area contributed by atoms with Gasteiger partial charge in [0.2, 0.25) is 0 Å². The van der Waals surface area contributed by atoms with Gasteiger partial charge in [0.05, 0.1) is 6.04 Å². The summed E-state index contributed by atoms with van der Waals surface area (Å²) in [5.74, 6) is 0.346. The van der Waals surface area contributed by atoms with Gasteiger partial charge in [-0.2, -0.15) is 0 Å². The molecular formula is C40H44N2O3. The van der Waals surface area contributed by atoms with E-state index in [4.69, 9.17) is 5.11 Å². The Hall–Kier alpha value is -4.64. The number of para-hydroxylation sites is 1. The zero-order chi connectivity index (χ0) is 31.9. The number of aryl methyl sites for hydroxylation is 1. The third-order valence-electron chi connectivity index (χ3n) is 8.19. The van der Waals surface area contributed by atoms with Gasteiger partial charge in [0.15, 0.2) is 5.78 Å². The van der Waals surface area contributed by atoms with Crippen molar-refractivity contribution in [2.75, 3.05) is 5.32 Å². The molecule has 45 heavy (non-hydrogen) atoms. The van der Waals surface area contributed by atoms with Crippen LogP contribution in [0.4, 0.5) is 5.69 Å². The molecule has 0 amide bonds. The van der Waals surface area contributed by atoms with Crippen LogP contribution in [0.1, 0.15) is 84.8 Å². The number of benzene rings is 4. The highest BCUT2D eigenvalue weighted by Gasteiger charge is 2.19. The molecule has 0 saturated heterocycles. The normalized spacial score (nSPS) is 11.5. The molecule has 5 rings (SSSR count). The first kappa shape index (κ1) is 31.8. The molecule has 5 nitrogen and oxygen atoms in total. The molecular weight excluding hydrogens is 556 g/mol. The maximum Gasteiger partial charge on any atom is 0.303 e. The first-order valence-electron chi connectivity index (χ1n) is 16.1. The molecule has 0 aliphatic carbocycles. The molecule has 0 radical (unpaired) electrons. The van der Waals surface area contributed by atoms with Crippen molar-refractivity contribution in [3.63, 3.8) is 0 Å². The lowest BCUT2D eigenvalue weighted by atomic mass is 9.93. The van der Waals surface area contributed by atoms with Crippen molar-refractivity contribution in [3.05, 3.63) is 137 Å². The Labute approximate surface area is 266 Å². The van der Waals surface area contributed by atoms with Crippen molar-refractivity contribution in [2.45, 2.75) is 66.0 Å². The number of ketones is 1. The predicted molar refractivity (Wildman–Crippen MR) is 184 cm³/mol. The summed E-state index contributed by atoms with van der Waals surface area (Å²) in [5, 5.41) is 13.7. The van der Waals surface area contributed by atoms with Crippen molar-refractivity contribution in [3.8, 4) is 0 Å². The minimum atomic E-state index is -0.815. The van der Waals surface area contributed by atoms with Gasteiger partial charge in [-0.1, -0.05) is 94.4 Å². The number of carboxylic acids is 1. The highest BCUT2D eigenvalue weighted by Crippen LogP contribution is 2.30. The molecule has 0 bridgehead atoms. The van der Waals surface area contributed by atoms with Crippen LogP contribution in [0, 0.1) is 11.8 Å². The molecule has 0 aliphatic heterocycles. The van der Waals surface area contributed by atoms with E-state index in [1.54, 1.807) is 0 Å². The van der Waals surface area contributed by atoms with Gasteiger partial charge in [0, 0.05) is 46.9 Å². The van der Waals surface area contributed by atoms with Gasteiger partial charge in [0.25, 0.3) is 0 Å². The molecule has 2 N–H and O–H groups in total. The van der Waals surface area contributed by atoms with Gasteiger partial charge in [-0.25, -0.2) is 0 Å². The molecule has 0 atom stereocenters. The van der Waals surface area contributed by atoms with E-state index in [-0.39, 0.29) is 18.2 Å². The largest absolute Gasteiger partial charge is 0.481 e. The molecule has 0 unspecified atom stereocenters. The number of carbonyl (C=O) groups is 2. The van der Waals surface area contributed by atoms with Gasteiger partial charge < -0.3 is 15.0 Å². The quantitative estimate of drug-likeness (QED) is 0.125. The van der Waals surface area contributed by atoms with E-state index in [9.17, 15) is 9.59 Å². The molecule has 0 aliphatic rings. The van der Waals surface area contributed by atoms with Crippen LogP contribution < -0.4 is 5.32 Å². The maximum absolute atomic E-state index is 13.7. The van der Waals surface area contributed by atoms with E-state index in [0.29, 0.717) is 35.9 Å². The zero-order valence-corrected chi connectivity index (χ0v) is 26.8. The Morgan fingerprint density at radius 1 is 0.733 bits per heavy atom. The summed E-state index contributed by atoms with van der Waals surface area (Å²) < 4.78 is 1.99. The van der Waals surface area contributed by atoms with E-state index >= 15 is 0 Å². The Morgan fingerprint density at radius 3 is 1.82 bits per heavy atom. The Balaban J connectivity index is 1.39. The molecule has 232 valence electrons. The topological polar surface area (TPSA) is 71.3 Å². The lowest BCUT2D eigenvalue weighted by Crippen LogP contribution is -2.13. The Kier molecular flexibility index (Phi) is 10.2. The van der Waals surface area contributed by atoms with Crippen molar-refractivity contribution in [1.82, 2.24) is 4.57 Å². The molecule has 5 heteroatoms. The number of anilines is 1. The van der Waals surface area contributed by atoms with Crippen LogP contribution in [0.2, 0.25) is 0 Å². The van der Waals surface area contributed by atoms with Gasteiger partial charge in [-0.15, -0.1) is 0 Å². The molecule has 0 spiro atoms. The molecule has 0 saturated carbocycles. The molecule has 0 fully saturated rings. The number of aliphatic carboxylic acids is 1. The first-order chi connectivity index (χ1) is 21.7. The fourth-order valence-corrected chi connectivity index (χ4v) is 6.05. The third-order valence-corrected chi connectivity index (χ3v) is 8.19. The van der Waals surface area contributed by atoms with Crippen LogP contribution in [-0.2, 0) is 24.2 Å². The number of aromatic nitrogens is 1. The highest BCUT2D eigenvalue weighted by molar-refractivity contribution is 6.16. The standard InChI is InChI=1S/C40H44N2O3/c1-27(2)24-29-11-15-31(16-12-29)39(32-17-13-30(14-18-32)25-28(3)4)41-34-21-19-33(20-22-34)40(45)36-26-42(23-7-10-38(43)44)37-9-6-5-8-35(36)37/h5-6,8-9,11-22,26-28,39,41H,7,10,23-25H2,1-4H3,(H,43,44). The van der Waals surface area contributed by atoms with E-state index in [1.165, 1.54) is 22.3 Å². The predicted octanol–water partition coefficient (Wildman–Crippen LogP) is 9.34. The molecule has 1 aromatic heterocycles. The minimum Gasteiger partial charge on any atom is -0.481 e. The zero-order valence-electron chi connectivity index (χ0n) is 26.8. The van der Waals surface area contributed by atoms with E-state index in [1.807, 2.05) is 59.3 Å². The number of carbonyl (C=O) groups excluding carboxylic acids is 1. The summed E-state index contributed by atoms with van der Waals surface area (Å²) in [6.45, 7) is 9.51. The summed E-state index contributed by atoms with van der Waals surface area (Å²) >= 11 is 0. The highest BCUT2D eigenvalue weighted by atomic mass is 16.4. The first-order valence-corrected chi connectivity index (χ1v) is 16.1. The second kappa shape index (κ2) is 14.4. The van der Waals surface area contributed by atoms with Crippen LogP contribution in [-0.4, -0.2) is 21.4 Å². The van der Waals surface area contributed by atoms with Crippen molar-refractivity contribution in [1.29, 1.82) is 0 Å². The Morgan fingerprint density at radius 2 is 1.29 bits per heavy atom. The van der Waals surface area contributed by atoms with Crippen molar-refractivity contribution >= 4 is 28.3 Å². The number of rotatable bonds is 14. The fraction of sp³-hybridized carbons (Fsp3) is 0.300. The van der Waals surface area contributed by atoms with Gasteiger partial charge in [0.1, 0.15) is 0 Å². The number of hydrogen-bond donors (Lipinski definition) is 2. The van der Waals surface area contributed by atoms with Crippen molar-refractivity contribution < 1.29 is 14.7 Å². The second-order valence-electron chi connectivity index (χ2n) is 12.9. The summed E-state index contributed by atoms with van der Waals surface area (Å²) in [5.41, 5.74) is 8.17. The minimum absolute atomic E-state index is 0.0449. The van der Waals surface area contributed by atoms with Crippen LogP contribution in [0.3, 0.4) is 0 Å². The average Bonchev–Trinajstić information content (AvgIpc) is 3.38. The lowest BCUT2D eigenvalue weighted by Gasteiger charge is -2.22. The lowest BCUT2D eigenvalue weighted by molar-refractivity contribution is -0.137. The monoisotopic (exact) mass is 600 g/mol.